The third-order valence-electron chi connectivity index (χ3n) is 3.69. The maximum Gasteiger partial charge on any atom is 0.341 e. The first-order valence-electron chi connectivity index (χ1n) is 7.74. The fraction of sp³-hybridized carbons (Fsp3) is 0.333. The number of rotatable bonds is 6. The monoisotopic (exact) mass is 346 g/mol. The SMILES string of the molecule is COC(=O)c1cc(CN(C)C(=O)NCc2cccc(OC)c2)oc1C. The van der Waals surface area contributed by atoms with Crippen molar-refractivity contribution < 1.29 is 23.5 Å². The van der Waals surface area contributed by atoms with Gasteiger partial charge in [-0.15, -0.1) is 0 Å². The predicted octanol–water partition coefficient (Wildman–Crippen LogP) is 2.72. The highest BCUT2D eigenvalue weighted by atomic mass is 16.5. The van der Waals surface area contributed by atoms with Crippen LogP contribution in [0.5, 0.6) is 5.75 Å². The minimum Gasteiger partial charge on any atom is -0.497 e. The van der Waals surface area contributed by atoms with Crippen molar-refractivity contribution in [3.63, 3.8) is 0 Å². The minimum atomic E-state index is -0.461. The molecular weight excluding hydrogens is 324 g/mol. The van der Waals surface area contributed by atoms with E-state index >= 15 is 0 Å². The minimum absolute atomic E-state index is 0.238. The molecular formula is C18H22N2O5. The van der Waals surface area contributed by atoms with Gasteiger partial charge in [-0.05, 0) is 30.7 Å². The molecule has 1 aromatic carbocycles. The topological polar surface area (TPSA) is 81.0 Å². The van der Waals surface area contributed by atoms with E-state index in [2.05, 4.69) is 10.1 Å². The number of urea groups is 1. The quantitative estimate of drug-likeness (QED) is 0.814. The summed E-state index contributed by atoms with van der Waals surface area (Å²) in [6, 6.07) is 8.81. The number of hydrogen-bond donors (Lipinski definition) is 1. The van der Waals surface area contributed by atoms with E-state index in [-0.39, 0.29) is 12.6 Å². The zero-order valence-electron chi connectivity index (χ0n) is 14.8. The van der Waals surface area contributed by atoms with Gasteiger partial charge in [-0.1, -0.05) is 12.1 Å². The van der Waals surface area contributed by atoms with Crippen LogP contribution in [0.3, 0.4) is 0 Å². The number of benzene rings is 1. The summed E-state index contributed by atoms with van der Waals surface area (Å²) in [5, 5.41) is 2.82. The Bertz CT molecular complexity index is 754. The first-order chi connectivity index (χ1) is 11.9. The number of amides is 2. The van der Waals surface area contributed by atoms with Crippen molar-refractivity contribution in [2.45, 2.75) is 20.0 Å². The molecule has 0 unspecified atom stereocenters. The standard InChI is InChI=1S/C18H22N2O5/c1-12-16(17(21)24-4)9-15(25-12)11-20(2)18(22)19-10-13-6-5-7-14(8-13)23-3/h5-9H,10-11H2,1-4H3,(H,19,22). The smallest absolute Gasteiger partial charge is 0.341 e. The maximum absolute atomic E-state index is 12.2. The van der Waals surface area contributed by atoms with Gasteiger partial charge in [-0.2, -0.15) is 0 Å². The summed E-state index contributed by atoms with van der Waals surface area (Å²) in [5.74, 6) is 1.25. The lowest BCUT2D eigenvalue weighted by Gasteiger charge is -2.16. The second kappa shape index (κ2) is 8.23. The van der Waals surface area contributed by atoms with Gasteiger partial charge in [-0.25, -0.2) is 9.59 Å². The molecule has 7 heteroatoms. The molecule has 0 aliphatic carbocycles. The van der Waals surface area contributed by atoms with E-state index in [4.69, 9.17) is 9.15 Å². The van der Waals surface area contributed by atoms with E-state index in [1.54, 1.807) is 27.1 Å². The van der Waals surface area contributed by atoms with Crippen molar-refractivity contribution in [2.24, 2.45) is 0 Å². The molecule has 1 heterocycles. The zero-order chi connectivity index (χ0) is 18.4. The van der Waals surface area contributed by atoms with Gasteiger partial charge in [0.15, 0.2) is 0 Å². The van der Waals surface area contributed by atoms with Gasteiger partial charge in [0.25, 0.3) is 0 Å². The van der Waals surface area contributed by atoms with E-state index in [1.807, 2.05) is 24.3 Å². The molecule has 1 aromatic heterocycles. The lowest BCUT2D eigenvalue weighted by molar-refractivity contribution is 0.0598. The molecule has 0 radical (unpaired) electrons. The zero-order valence-corrected chi connectivity index (χ0v) is 14.8. The summed E-state index contributed by atoms with van der Waals surface area (Å²) >= 11 is 0. The second-order valence-corrected chi connectivity index (χ2v) is 5.54. The van der Waals surface area contributed by atoms with E-state index in [1.165, 1.54) is 12.0 Å². The van der Waals surface area contributed by atoms with Crippen LogP contribution in [0.25, 0.3) is 0 Å². The lowest BCUT2D eigenvalue weighted by atomic mass is 10.2. The Hall–Kier alpha value is -2.96. The summed E-state index contributed by atoms with van der Waals surface area (Å²) < 4.78 is 15.4. The molecule has 0 saturated heterocycles. The molecule has 7 nitrogen and oxygen atoms in total. The van der Waals surface area contributed by atoms with E-state index in [0.29, 0.717) is 23.6 Å². The summed E-state index contributed by atoms with van der Waals surface area (Å²) in [4.78, 5) is 25.3. The molecule has 0 aliphatic heterocycles. The summed E-state index contributed by atoms with van der Waals surface area (Å²) in [6.45, 7) is 2.30. The molecule has 2 rings (SSSR count). The Balaban J connectivity index is 1.93. The van der Waals surface area contributed by atoms with Crippen LogP contribution in [0.15, 0.2) is 34.7 Å². The molecule has 0 atom stereocenters. The van der Waals surface area contributed by atoms with Gasteiger partial charge < -0.3 is 24.1 Å². The van der Waals surface area contributed by atoms with E-state index in [9.17, 15) is 9.59 Å². The molecule has 0 spiro atoms. The van der Waals surface area contributed by atoms with Gasteiger partial charge in [0.2, 0.25) is 0 Å². The normalized spacial score (nSPS) is 10.2. The third-order valence-corrected chi connectivity index (χ3v) is 3.69. The first-order valence-corrected chi connectivity index (χ1v) is 7.74. The van der Waals surface area contributed by atoms with Crippen LogP contribution in [0, 0.1) is 6.92 Å². The molecule has 1 N–H and O–H groups in total. The van der Waals surface area contributed by atoms with Crippen molar-refractivity contribution >= 4 is 12.0 Å². The molecule has 2 amide bonds. The number of hydrogen-bond acceptors (Lipinski definition) is 5. The molecule has 0 bridgehead atoms. The Kier molecular flexibility index (Phi) is 6.05. The molecule has 134 valence electrons. The fourth-order valence-electron chi connectivity index (χ4n) is 2.33. The number of aryl methyl sites for hydroxylation is 1. The summed E-state index contributed by atoms with van der Waals surface area (Å²) in [7, 11) is 4.56. The first kappa shape index (κ1) is 18.4. The Morgan fingerprint density at radius 2 is 2.00 bits per heavy atom. The van der Waals surface area contributed by atoms with Crippen LogP contribution in [0.1, 0.15) is 27.4 Å². The molecule has 25 heavy (non-hydrogen) atoms. The number of esters is 1. The van der Waals surface area contributed by atoms with Gasteiger partial charge in [-0.3, -0.25) is 0 Å². The fourth-order valence-corrected chi connectivity index (χ4v) is 2.33. The van der Waals surface area contributed by atoms with Crippen molar-refractivity contribution in [2.75, 3.05) is 21.3 Å². The average Bonchev–Trinajstić information content (AvgIpc) is 2.99. The number of carbonyl (C=O) groups excluding carboxylic acids is 2. The number of nitrogens with zero attached hydrogens (tertiary/aromatic N) is 1. The van der Waals surface area contributed by atoms with Crippen LogP contribution in [0.2, 0.25) is 0 Å². The van der Waals surface area contributed by atoms with Crippen LogP contribution in [-0.2, 0) is 17.8 Å². The predicted molar refractivity (Wildman–Crippen MR) is 91.5 cm³/mol. The molecule has 0 aliphatic rings. The van der Waals surface area contributed by atoms with Gasteiger partial charge in [0.1, 0.15) is 22.8 Å². The average molecular weight is 346 g/mol. The second-order valence-electron chi connectivity index (χ2n) is 5.54. The molecule has 2 aromatic rings. The van der Waals surface area contributed by atoms with Crippen LogP contribution < -0.4 is 10.1 Å². The van der Waals surface area contributed by atoms with E-state index < -0.39 is 5.97 Å². The Morgan fingerprint density at radius 1 is 1.24 bits per heavy atom. The van der Waals surface area contributed by atoms with Crippen molar-refractivity contribution in [3.05, 3.63) is 53.0 Å². The van der Waals surface area contributed by atoms with Crippen molar-refractivity contribution in [3.8, 4) is 5.75 Å². The summed E-state index contributed by atoms with van der Waals surface area (Å²) in [6.07, 6.45) is 0. The van der Waals surface area contributed by atoms with Crippen LogP contribution in [-0.4, -0.2) is 38.2 Å². The largest absolute Gasteiger partial charge is 0.497 e. The maximum atomic E-state index is 12.2. The van der Waals surface area contributed by atoms with Gasteiger partial charge in [0, 0.05) is 13.6 Å². The Morgan fingerprint density at radius 3 is 2.68 bits per heavy atom. The van der Waals surface area contributed by atoms with E-state index in [0.717, 1.165) is 11.3 Å². The summed E-state index contributed by atoms with van der Waals surface area (Å²) in [5.41, 5.74) is 1.30. The third kappa shape index (κ3) is 4.76. The number of ether oxygens (including phenoxy) is 2. The lowest BCUT2D eigenvalue weighted by Crippen LogP contribution is -2.36. The number of nitrogens with one attached hydrogen (secondary N) is 1. The number of furan rings is 1. The van der Waals surface area contributed by atoms with Crippen molar-refractivity contribution in [1.82, 2.24) is 10.2 Å². The molecule has 0 saturated carbocycles. The van der Waals surface area contributed by atoms with Gasteiger partial charge in [0.05, 0.1) is 20.8 Å². The van der Waals surface area contributed by atoms with Crippen LogP contribution >= 0.6 is 0 Å². The van der Waals surface area contributed by atoms with Crippen molar-refractivity contribution in [1.29, 1.82) is 0 Å². The highest BCUT2D eigenvalue weighted by Gasteiger charge is 2.17. The van der Waals surface area contributed by atoms with Crippen LogP contribution in [0.4, 0.5) is 4.79 Å². The van der Waals surface area contributed by atoms with Gasteiger partial charge >= 0.3 is 12.0 Å². The Labute approximate surface area is 146 Å². The number of methoxy groups -OCH3 is 2. The highest BCUT2D eigenvalue weighted by Crippen LogP contribution is 2.17. The highest BCUT2D eigenvalue weighted by molar-refractivity contribution is 5.90. The number of carbonyl (C=O) groups is 2. The molecule has 0 fully saturated rings.